The van der Waals surface area contributed by atoms with Gasteiger partial charge in [0.05, 0.1) is 6.61 Å². The summed E-state index contributed by atoms with van der Waals surface area (Å²) in [4.78, 5) is 2.50. The van der Waals surface area contributed by atoms with E-state index < -0.39 is 0 Å². The second-order valence-electron chi connectivity index (χ2n) is 4.80. The van der Waals surface area contributed by atoms with E-state index in [9.17, 15) is 0 Å². The Hall–Kier alpha value is 0.400. The molecule has 110 valence electrons. The molecule has 0 fully saturated rings. The molecule has 3 heteroatoms. The molecule has 0 aromatic rings. The second kappa shape index (κ2) is 15.5. The molecule has 0 aliphatic rings. The number of hydrogen-bond acceptors (Lipinski definition) is 2. The standard InChI is InChI=1S/C15H32BrNO/c1-3-17(14-15-18-4-2)13-11-9-7-5-6-8-10-12-16/h3-15H2,1-2H3. The third-order valence-corrected chi connectivity index (χ3v) is 3.87. The average Bonchev–Trinajstić information content (AvgIpc) is 2.40. The van der Waals surface area contributed by atoms with Crippen molar-refractivity contribution < 1.29 is 4.74 Å². The van der Waals surface area contributed by atoms with Gasteiger partial charge in [-0.15, -0.1) is 0 Å². The molecule has 0 saturated carbocycles. The highest BCUT2D eigenvalue weighted by molar-refractivity contribution is 9.09. The number of unbranched alkanes of at least 4 members (excludes halogenated alkanes) is 6. The monoisotopic (exact) mass is 321 g/mol. The Morgan fingerprint density at radius 2 is 1.44 bits per heavy atom. The van der Waals surface area contributed by atoms with Gasteiger partial charge in [0.15, 0.2) is 0 Å². The third kappa shape index (κ3) is 12.8. The molecule has 0 amide bonds. The maximum absolute atomic E-state index is 5.40. The first-order chi connectivity index (χ1) is 8.85. The maximum atomic E-state index is 5.40. The van der Waals surface area contributed by atoms with Crippen molar-refractivity contribution in [2.24, 2.45) is 0 Å². The molecule has 0 spiro atoms. The van der Waals surface area contributed by atoms with E-state index in [1.807, 2.05) is 0 Å². The van der Waals surface area contributed by atoms with Crippen molar-refractivity contribution in [1.82, 2.24) is 4.90 Å². The first-order valence-corrected chi connectivity index (χ1v) is 8.83. The van der Waals surface area contributed by atoms with Crippen LogP contribution in [0.1, 0.15) is 58.8 Å². The number of nitrogens with zero attached hydrogens (tertiary/aromatic N) is 1. The zero-order chi connectivity index (χ0) is 13.5. The number of likely N-dealkylation sites (N-methyl/N-ethyl adjacent to an activating group) is 1. The van der Waals surface area contributed by atoms with Gasteiger partial charge in [0.2, 0.25) is 0 Å². The molecule has 0 aliphatic heterocycles. The van der Waals surface area contributed by atoms with Gasteiger partial charge < -0.3 is 9.64 Å². The number of hydrogen-bond donors (Lipinski definition) is 0. The van der Waals surface area contributed by atoms with Crippen LogP contribution in [0.25, 0.3) is 0 Å². The van der Waals surface area contributed by atoms with E-state index in [-0.39, 0.29) is 0 Å². The number of alkyl halides is 1. The van der Waals surface area contributed by atoms with Crippen molar-refractivity contribution in [3.8, 4) is 0 Å². The van der Waals surface area contributed by atoms with Gasteiger partial charge >= 0.3 is 0 Å². The van der Waals surface area contributed by atoms with Crippen molar-refractivity contribution in [1.29, 1.82) is 0 Å². The van der Waals surface area contributed by atoms with Crippen LogP contribution in [0.15, 0.2) is 0 Å². The van der Waals surface area contributed by atoms with Crippen LogP contribution in [-0.2, 0) is 4.74 Å². The molecule has 0 aliphatic carbocycles. The fourth-order valence-corrected chi connectivity index (χ4v) is 2.48. The van der Waals surface area contributed by atoms with E-state index in [1.165, 1.54) is 51.5 Å². The smallest absolute Gasteiger partial charge is 0.0593 e. The molecular formula is C15H32BrNO. The van der Waals surface area contributed by atoms with Crippen molar-refractivity contribution in [3.63, 3.8) is 0 Å². The normalized spacial score (nSPS) is 11.3. The molecule has 2 nitrogen and oxygen atoms in total. The molecule has 0 aromatic heterocycles. The molecule has 0 aromatic carbocycles. The molecule has 0 saturated heterocycles. The lowest BCUT2D eigenvalue weighted by atomic mass is 10.1. The van der Waals surface area contributed by atoms with Crippen molar-refractivity contribution in [2.75, 3.05) is 38.2 Å². The van der Waals surface area contributed by atoms with Crippen LogP contribution < -0.4 is 0 Å². The van der Waals surface area contributed by atoms with Crippen LogP contribution in [0.2, 0.25) is 0 Å². The molecule has 0 atom stereocenters. The van der Waals surface area contributed by atoms with Crippen LogP contribution in [-0.4, -0.2) is 43.1 Å². The Morgan fingerprint density at radius 3 is 2.00 bits per heavy atom. The quantitative estimate of drug-likeness (QED) is 0.345. The lowest BCUT2D eigenvalue weighted by Gasteiger charge is -2.19. The van der Waals surface area contributed by atoms with Crippen LogP contribution in [0.3, 0.4) is 0 Å². The van der Waals surface area contributed by atoms with Gasteiger partial charge in [-0.2, -0.15) is 0 Å². The number of ether oxygens (including phenoxy) is 1. The molecular weight excluding hydrogens is 290 g/mol. The lowest BCUT2D eigenvalue weighted by molar-refractivity contribution is 0.114. The zero-order valence-electron chi connectivity index (χ0n) is 12.4. The van der Waals surface area contributed by atoms with Gasteiger partial charge in [0, 0.05) is 18.5 Å². The van der Waals surface area contributed by atoms with Gasteiger partial charge in [-0.25, -0.2) is 0 Å². The van der Waals surface area contributed by atoms with Crippen LogP contribution in [0, 0.1) is 0 Å². The third-order valence-electron chi connectivity index (χ3n) is 3.31. The van der Waals surface area contributed by atoms with Crippen LogP contribution >= 0.6 is 15.9 Å². The van der Waals surface area contributed by atoms with E-state index in [1.54, 1.807) is 0 Å². The summed E-state index contributed by atoms with van der Waals surface area (Å²) in [7, 11) is 0. The minimum Gasteiger partial charge on any atom is -0.380 e. The summed E-state index contributed by atoms with van der Waals surface area (Å²) in [5.74, 6) is 0. The topological polar surface area (TPSA) is 12.5 Å². The highest BCUT2D eigenvalue weighted by Crippen LogP contribution is 2.08. The van der Waals surface area contributed by atoms with Gasteiger partial charge in [-0.3, -0.25) is 0 Å². The fourth-order valence-electron chi connectivity index (χ4n) is 2.08. The average molecular weight is 322 g/mol. The summed E-state index contributed by atoms with van der Waals surface area (Å²) in [5, 5.41) is 1.16. The highest BCUT2D eigenvalue weighted by Gasteiger charge is 2.01. The predicted octanol–water partition coefficient (Wildman–Crippen LogP) is 4.47. The summed E-state index contributed by atoms with van der Waals surface area (Å²) in [5.41, 5.74) is 0. The summed E-state index contributed by atoms with van der Waals surface area (Å²) in [6, 6.07) is 0. The summed E-state index contributed by atoms with van der Waals surface area (Å²) in [6.45, 7) is 9.51. The Kier molecular flexibility index (Phi) is 15.8. The van der Waals surface area contributed by atoms with E-state index in [4.69, 9.17) is 4.74 Å². The number of halogens is 1. The second-order valence-corrected chi connectivity index (χ2v) is 5.59. The molecule has 0 radical (unpaired) electrons. The summed E-state index contributed by atoms with van der Waals surface area (Å²) < 4.78 is 5.40. The highest BCUT2D eigenvalue weighted by atomic mass is 79.9. The Bertz CT molecular complexity index is 155. The van der Waals surface area contributed by atoms with Gasteiger partial charge in [0.25, 0.3) is 0 Å². The molecule has 18 heavy (non-hydrogen) atoms. The molecule has 0 unspecified atom stereocenters. The van der Waals surface area contributed by atoms with E-state index in [2.05, 4.69) is 34.7 Å². The van der Waals surface area contributed by atoms with Gasteiger partial charge in [0.1, 0.15) is 0 Å². The predicted molar refractivity (Wildman–Crippen MR) is 84.7 cm³/mol. The van der Waals surface area contributed by atoms with Crippen LogP contribution in [0.5, 0.6) is 0 Å². The first kappa shape index (κ1) is 18.4. The summed E-state index contributed by atoms with van der Waals surface area (Å²) in [6.07, 6.45) is 9.69. The van der Waals surface area contributed by atoms with Crippen molar-refractivity contribution in [3.05, 3.63) is 0 Å². The molecule has 0 heterocycles. The fraction of sp³-hybridized carbons (Fsp3) is 1.00. The Morgan fingerprint density at radius 1 is 0.833 bits per heavy atom. The van der Waals surface area contributed by atoms with E-state index in [0.717, 1.165) is 31.6 Å². The minimum atomic E-state index is 0.839. The largest absolute Gasteiger partial charge is 0.380 e. The SMILES string of the molecule is CCOCCN(CC)CCCCCCCCCBr. The van der Waals surface area contributed by atoms with Gasteiger partial charge in [-0.1, -0.05) is 55.0 Å². The van der Waals surface area contributed by atoms with E-state index in [0.29, 0.717) is 0 Å². The summed E-state index contributed by atoms with van der Waals surface area (Å²) >= 11 is 3.48. The van der Waals surface area contributed by atoms with Crippen molar-refractivity contribution in [2.45, 2.75) is 58.8 Å². The molecule has 0 bridgehead atoms. The molecule has 0 rings (SSSR count). The lowest BCUT2D eigenvalue weighted by Crippen LogP contribution is -2.28. The Balaban J connectivity index is 3.23. The van der Waals surface area contributed by atoms with E-state index >= 15 is 0 Å². The minimum absolute atomic E-state index is 0.839. The van der Waals surface area contributed by atoms with Crippen LogP contribution in [0.4, 0.5) is 0 Å². The first-order valence-electron chi connectivity index (χ1n) is 7.71. The Labute approximate surface area is 123 Å². The maximum Gasteiger partial charge on any atom is 0.0593 e. The molecule has 0 N–H and O–H groups in total. The zero-order valence-corrected chi connectivity index (χ0v) is 14.0. The number of rotatable bonds is 14. The van der Waals surface area contributed by atoms with Crippen molar-refractivity contribution >= 4 is 15.9 Å². The van der Waals surface area contributed by atoms with Gasteiger partial charge in [-0.05, 0) is 32.9 Å².